The molecule has 0 N–H and O–H groups in total. The quantitative estimate of drug-likeness (QED) is 0.431. The molecular formula is C20H30F2O2. The first-order chi connectivity index (χ1) is 11.2. The summed E-state index contributed by atoms with van der Waals surface area (Å²) in [6.45, 7) is 7.24. The molecule has 1 aliphatic rings. The molecule has 1 aliphatic carbocycles. The van der Waals surface area contributed by atoms with E-state index in [9.17, 15) is 8.78 Å². The topological polar surface area (TPSA) is 18.5 Å². The SMILES string of the molecule is CCCC1CCC(c2ccc(C(F)(F)OOC(C)(C)C)cc2)CC1. The fraction of sp³-hybridized carbons (Fsp3) is 0.700. The third-order valence-corrected chi connectivity index (χ3v) is 4.66. The average molecular weight is 340 g/mol. The summed E-state index contributed by atoms with van der Waals surface area (Å²) in [5.74, 6) is 1.34. The molecule has 0 bridgehead atoms. The van der Waals surface area contributed by atoms with Crippen molar-refractivity contribution in [3.8, 4) is 0 Å². The van der Waals surface area contributed by atoms with Crippen molar-refractivity contribution < 1.29 is 18.6 Å². The van der Waals surface area contributed by atoms with Gasteiger partial charge in [-0.2, -0.15) is 13.7 Å². The molecule has 1 aromatic rings. The van der Waals surface area contributed by atoms with Gasteiger partial charge >= 0.3 is 6.11 Å². The predicted octanol–water partition coefficient (Wildman–Crippen LogP) is 6.56. The van der Waals surface area contributed by atoms with Gasteiger partial charge in [0.15, 0.2) is 0 Å². The Bertz CT molecular complexity index is 497. The van der Waals surface area contributed by atoms with E-state index in [0.29, 0.717) is 5.92 Å². The summed E-state index contributed by atoms with van der Waals surface area (Å²) in [4.78, 5) is 9.15. The minimum absolute atomic E-state index is 0.171. The molecule has 0 atom stereocenters. The lowest BCUT2D eigenvalue weighted by Crippen LogP contribution is -2.27. The number of hydrogen-bond donors (Lipinski definition) is 0. The van der Waals surface area contributed by atoms with Crippen molar-refractivity contribution in [3.05, 3.63) is 35.4 Å². The van der Waals surface area contributed by atoms with Gasteiger partial charge in [-0.25, -0.2) is 4.89 Å². The summed E-state index contributed by atoms with van der Waals surface area (Å²) in [5, 5.41) is 0. The van der Waals surface area contributed by atoms with Crippen LogP contribution in [-0.2, 0) is 15.9 Å². The minimum Gasteiger partial charge on any atom is -0.225 e. The van der Waals surface area contributed by atoms with Crippen LogP contribution < -0.4 is 0 Å². The minimum atomic E-state index is -3.44. The van der Waals surface area contributed by atoms with Gasteiger partial charge in [-0.3, -0.25) is 0 Å². The second kappa shape index (κ2) is 7.92. The van der Waals surface area contributed by atoms with Crippen molar-refractivity contribution >= 4 is 0 Å². The van der Waals surface area contributed by atoms with Crippen LogP contribution in [0.5, 0.6) is 0 Å². The van der Waals surface area contributed by atoms with E-state index in [0.717, 1.165) is 24.3 Å². The van der Waals surface area contributed by atoms with Crippen LogP contribution >= 0.6 is 0 Å². The van der Waals surface area contributed by atoms with Crippen molar-refractivity contribution in [1.29, 1.82) is 0 Å². The Hall–Kier alpha value is -1.00. The van der Waals surface area contributed by atoms with Gasteiger partial charge in [0.1, 0.15) is 0 Å². The summed E-state index contributed by atoms with van der Waals surface area (Å²) in [6, 6.07) is 6.54. The van der Waals surface area contributed by atoms with Crippen molar-refractivity contribution in [2.45, 2.75) is 83.8 Å². The zero-order valence-electron chi connectivity index (χ0n) is 15.3. The molecule has 1 saturated carbocycles. The van der Waals surface area contributed by atoms with Crippen LogP contribution in [0, 0.1) is 5.92 Å². The van der Waals surface area contributed by atoms with E-state index in [1.54, 1.807) is 20.8 Å². The Morgan fingerprint density at radius 3 is 2.04 bits per heavy atom. The van der Waals surface area contributed by atoms with Crippen molar-refractivity contribution in [2.24, 2.45) is 5.92 Å². The predicted molar refractivity (Wildman–Crippen MR) is 91.9 cm³/mol. The Labute approximate surface area is 144 Å². The molecule has 0 aliphatic heterocycles. The van der Waals surface area contributed by atoms with Gasteiger partial charge in [-0.1, -0.05) is 31.9 Å². The number of hydrogen-bond acceptors (Lipinski definition) is 2. The molecule has 0 saturated heterocycles. The van der Waals surface area contributed by atoms with Gasteiger partial charge in [0, 0.05) is 0 Å². The summed E-state index contributed by atoms with van der Waals surface area (Å²) >= 11 is 0. The normalized spacial score (nSPS) is 22.6. The van der Waals surface area contributed by atoms with Gasteiger partial charge in [0.2, 0.25) is 0 Å². The number of alkyl halides is 2. The third kappa shape index (κ3) is 5.52. The molecule has 0 aromatic heterocycles. The van der Waals surface area contributed by atoms with Crippen LogP contribution in [0.3, 0.4) is 0 Å². The highest BCUT2D eigenvalue weighted by molar-refractivity contribution is 5.27. The highest BCUT2D eigenvalue weighted by Crippen LogP contribution is 2.38. The Morgan fingerprint density at radius 2 is 1.54 bits per heavy atom. The van der Waals surface area contributed by atoms with Crippen LogP contribution in [0.25, 0.3) is 0 Å². The zero-order valence-corrected chi connectivity index (χ0v) is 15.3. The maximum atomic E-state index is 14.0. The fourth-order valence-electron chi connectivity index (χ4n) is 3.37. The molecule has 1 fully saturated rings. The maximum Gasteiger partial charge on any atom is 0.408 e. The molecule has 1 aromatic carbocycles. The van der Waals surface area contributed by atoms with Gasteiger partial charge < -0.3 is 0 Å². The van der Waals surface area contributed by atoms with Crippen molar-refractivity contribution in [3.63, 3.8) is 0 Å². The molecule has 24 heavy (non-hydrogen) atoms. The zero-order chi connectivity index (χ0) is 17.8. The molecule has 4 heteroatoms. The monoisotopic (exact) mass is 340 g/mol. The largest absolute Gasteiger partial charge is 0.408 e. The Kier molecular flexibility index (Phi) is 6.38. The van der Waals surface area contributed by atoms with Crippen LogP contribution in [0.1, 0.15) is 83.3 Å². The van der Waals surface area contributed by atoms with E-state index in [1.807, 2.05) is 12.1 Å². The molecule has 0 unspecified atom stereocenters. The highest BCUT2D eigenvalue weighted by atomic mass is 19.3. The molecule has 0 radical (unpaired) electrons. The van der Waals surface area contributed by atoms with E-state index in [-0.39, 0.29) is 5.56 Å². The first-order valence-electron chi connectivity index (χ1n) is 9.06. The number of halogens is 2. The second-order valence-corrected chi connectivity index (χ2v) is 7.92. The van der Waals surface area contributed by atoms with Crippen molar-refractivity contribution in [1.82, 2.24) is 0 Å². The van der Waals surface area contributed by atoms with E-state index >= 15 is 0 Å². The standard InChI is InChI=1S/C20H30F2O2/c1-5-6-15-7-9-16(10-8-15)17-11-13-18(14-12-17)20(21,22)24-23-19(2,3)4/h11-16H,5-10H2,1-4H3. The molecule has 136 valence electrons. The van der Waals surface area contributed by atoms with Crippen LogP contribution in [0.4, 0.5) is 8.78 Å². The Morgan fingerprint density at radius 1 is 0.958 bits per heavy atom. The van der Waals surface area contributed by atoms with E-state index in [1.165, 1.54) is 37.8 Å². The number of benzene rings is 1. The van der Waals surface area contributed by atoms with Crippen molar-refractivity contribution in [2.75, 3.05) is 0 Å². The molecular weight excluding hydrogens is 310 g/mol. The van der Waals surface area contributed by atoms with Gasteiger partial charge in [-0.05, 0) is 76.0 Å². The van der Waals surface area contributed by atoms with Gasteiger partial charge in [0.05, 0.1) is 11.2 Å². The van der Waals surface area contributed by atoms with E-state index < -0.39 is 11.7 Å². The number of rotatable bonds is 6. The molecule has 2 nitrogen and oxygen atoms in total. The maximum absolute atomic E-state index is 14.0. The lowest BCUT2D eigenvalue weighted by Gasteiger charge is -2.29. The smallest absolute Gasteiger partial charge is 0.225 e. The molecule has 0 amide bonds. The lowest BCUT2D eigenvalue weighted by molar-refractivity contribution is -0.476. The van der Waals surface area contributed by atoms with Gasteiger partial charge in [0.25, 0.3) is 0 Å². The van der Waals surface area contributed by atoms with Gasteiger partial charge in [-0.15, -0.1) is 0 Å². The summed E-state index contributed by atoms with van der Waals surface area (Å²) in [7, 11) is 0. The fourth-order valence-corrected chi connectivity index (χ4v) is 3.37. The molecule has 2 rings (SSSR count). The van der Waals surface area contributed by atoms with Crippen LogP contribution in [-0.4, -0.2) is 5.60 Å². The summed E-state index contributed by atoms with van der Waals surface area (Å²) < 4.78 is 28.1. The Balaban J connectivity index is 1.95. The summed E-state index contributed by atoms with van der Waals surface area (Å²) in [6.07, 6.45) is 3.93. The van der Waals surface area contributed by atoms with Crippen LogP contribution in [0.2, 0.25) is 0 Å². The van der Waals surface area contributed by atoms with E-state index in [2.05, 4.69) is 11.8 Å². The van der Waals surface area contributed by atoms with Crippen LogP contribution in [0.15, 0.2) is 24.3 Å². The second-order valence-electron chi connectivity index (χ2n) is 7.92. The first kappa shape index (κ1) is 19.3. The summed E-state index contributed by atoms with van der Waals surface area (Å²) in [5.41, 5.74) is 0.206. The lowest BCUT2D eigenvalue weighted by atomic mass is 9.77. The highest BCUT2D eigenvalue weighted by Gasteiger charge is 2.36. The van der Waals surface area contributed by atoms with E-state index in [4.69, 9.17) is 4.89 Å². The average Bonchev–Trinajstić information content (AvgIpc) is 2.54. The molecule has 0 spiro atoms. The molecule has 0 heterocycles. The third-order valence-electron chi connectivity index (χ3n) is 4.66. The first-order valence-corrected chi connectivity index (χ1v) is 9.06.